The van der Waals surface area contributed by atoms with Crippen molar-refractivity contribution in [2.24, 2.45) is 0 Å². The Bertz CT molecular complexity index is 910. The van der Waals surface area contributed by atoms with Gasteiger partial charge in [0.25, 0.3) is 0 Å². The van der Waals surface area contributed by atoms with Gasteiger partial charge in [-0.1, -0.05) is 18.2 Å². The average Bonchev–Trinajstić information content (AvgIpc) is 2.72. The van der Waals surface area contributed by atoms with Crippen LogP contribution in [0.3, 0.4) is 0 Å². The number of pyridine rings is 1. The Hall–Kier alpha value is -2.61. The Balaban J connectivity index is 1.40. The zero-order valence-electron chi connectivity index (χ0n) is 15.3. The van der Waals surface area contributed by atoms with E-state index in [1.165, 1.54) is 11.9 Å². The largest absolute Gasteiger partial charge is 0.382 e. The second-order valence-corrected chi connectivity index (χ2v) is 6.65. The molecule has 1 aliphatic rings. The second kappa shape index (κ2) is 8.39. The Kier molecular flexibility index (Phi) is 5.53. The van der Waals surface area contributed by atoms with Crippen LogP contribution >= 0.6 is 0 Å². The molecule has 1 fully saturated rings. The predicted octanol–water partition coefficient (Wildman–Crippen LogP) is 1.70. The van der Waals surface area contributed by atoms with Gasteiger partial charge in [-0.05, 0) is 23.8 Å². The van der Waals surface area contributed by atoms with Crippen LogP contribution in [-0.2, 0) is 11.3 Å². The van der Waals surface area contributed by atoms with E-state index in [-0.39, 0.29) is 0 Å². The summed E-state index contributed by atoms with van der Waals surface area (Å²) in [4.78, 5) is 15.3. The summed E-state index contributed by atoms with van der Waals surface area (Å²) in [5, 5.41) is 3.52. The molecule has 140 valence electrons. The number of nitrogens with two attached hydrogens (primary N) is 1. The van der Waals surface area contributed by atoms with Gasteiger partial charge in [0.15, 0.2) is 5.82 Å². The van der Waals surface area contributed by atoms with E-state index in [2.05, 4.69) is 49.4 Å². The number of nitrogens with one attached hydrogen (secondary N) is 1. The molecular formula is C20H24N6O. The highest BCUT2D eigenvalue weighted by Crippen LogP contribution is 2.22. The van der Waals surface area contributed by atoms with Crippen molar-refractivity contribution in [1.29, 1.82) is 0 Å². The van der Waals surface area contributed by atoms with E-state index in [1.807, 2.05) is 12.1 Å². The number of fused-ring (bicyclic) bond motifs is 1. The van der Waals surface area contributed by atoms with E-state index in [1.54, 1.807) is 0 Å². The maximum absolute atomic E-state index is 5.94. The van der Waals surface area contributed by atoms with Crippen LogP contribution < -0.4 is 11.1 Å². The SMILES string of the molecule is Nc1ncnc2ccc(-c3cccc(CNCCN4CCOCC4)c3)nc12. The molecule has 27 heavy (non-hydrogen) atoms. The van der Waals surface area contributed by atoms with E-state index in [4.69, 9.17) is 10.5 Å². The van der Waals surface area contributed by atoms with Crippen molar-refractivity contribution in [2.45, 2.75) is 6.54 Å². The van der Waals surface area contributed by atoms with Crippen LogP contribution in [0.5, 0.6) is 0 Å². The van der Waals surface area contributed by atoms with Crippen LogP contribution in [-0.4, -0.2) is 59.2 Å². The molecule has 0 radical (unpaired) electrons. The fourth-order valence-electron chi connectivity index (χ4n) is 3.25. The summed E-state index contributed by atoms with van der Waals surface area (Å²) < 4.78 is 5.38. The van der Waals surface area contributed by atoms with Gasteiger partial charge >= 0.3 is 0 Å². The smallest absolute Gasteiger partial charge is 0.153 e. The lowest BCUT2D eigenvalue weighted by Gasteiger charge is -2.26. The number of anilines is 1. The first-order valence-electron chi connectivity index (χ1n) is 9.27. The minimum absolute atomic E-state index is 0.405. The van der Waals surface area contributed by atoms with Crippen LogP contribution in [0.4, 0.5) is 5.82 Å². The fraction of sp³-hybridized carbons (Fsp3) is 0.350. The average molecular weight is 364 g/mol. The van der Waals surface area contributed by atoms with Crippen LogP contribution in [0, 0.1) is 0 Å². The van der Waals surface area contributed by atoms with Crippen LogP contribution in [0.2, 0.25) is 0 Å². The number of hydrogen-bond donors (Lipinski definition) is 2. The fourth-order valence-corrected chi connectivity index (χ4v) is 3.25. The van der Waals surface area contributed by atoms with Gasteiger partial charge in [0.2, 0.25) is 0 Å². The summed E-state index contributed by atoms with van der Waals surface area (Å²) in [6, 6.07) is 12.3. The molecule has 1 aliphatic heterocycles. The van der Waals surface area contributed by atoms with E-state index in [9.17, 15) is 0 Å². The van der Waals surface area contributed by atoms with Gasteiger partial charge in [0.05, 0.1) is 24.4 Å². The van der Waals surface area contributed by atoms with Crippen LogP contribution in [0.1, 0.15) is 5.56 Å². The molecule has 7 heteroatoms. The van der Waals surface area contributed by atoms with Crippen molar-refractivity contribution in [2.75, 3.05) is 45.1 Å². The molecule has 0 amide bonds. The number of rotatable bonds is 6. The van der Waals surface area contributed by atoms with Gasteiger partial charge in [0.1, 0.15) is 11.8 Å². The van der Waals surface area contributed by atoms with Crippen molar-refractivity contribution >= 4 is 16.9 Å². The molecule has 1 saturated heterocycles. The van der Waals surface area contributed by atoms with Crippen molar-refractivity contribution in [3.63, 3.8) is 0 Å². The summed E-state index contributed by atoms with van der Waals surface area (Å²) >= 11 is 0. The molecule has 0 atom stereocenters. The van der Waals surface area contributed by atoms with Crippen LogP contribution in [0.25, 0.3) is 22.3 Å². The van der Waals surface area contributed by atoms with Gasteiger partial charge < -0.3 is 15.8 Å². The first kappa shape index (κ1) is 17.8. The number of benzene rings is 1. The van der Waals surface area contributed by atoms with Crippen molar-refractivity contribution < 1.29 is 4.74 Å². The quantitative estimate of drug-likeness (QED) is 0.644. The Morgan fingerprint density at radius 1 is 1.11 bits per heavy atom. The molecule has 0 saturated carbocycles. The van der Waals surface area contributed by atoms with E-state index in [0.717, 1.165) is 62.7 Å². The van der Waals surface area contributed by atoms with E-state index >= 15 is 0 Å². The third-order valence-corrected chi connectivity index (χ3v) is 4.77. The normalized spacial score (nSPS) is 15.3. The summed E-state index contributed by atoms with van der Waals surface area (Å²) in [5.41, 5.74) is 10.5. The van der Waals surface area contributed by atoms with Crippen molar-refractivity contribution in [3.05, 3.63) is 48.3 Å². The molecule has 3 aromatic rings. The lowest BCUT2D eigenvalue weighted by molar-refractivity contribution is 0.0384. The monoisotopic (exact) mass is 364 g/mol. The van der Waals surface area contributed by atoms with E-state index in [0.29, 0.717) is 11.3 Å². The first-order valence-corrected chi connectivity index (χ1v) is 9.27. The minimum atomic E-state index is 0.405. The number of ether oxygens (including phenoxy) is 1. The van der Waals surface area contributed by atoms with Gasteiger partial charge in [-0.2, -0.15) is 0 Å². The molecule has 2 aromatic heterocycles. The molecule has 0 spiro atoms. The highest BCUT2D eigenvalue weighted by atomic mass is 16.5. The van der Waals surface area contributed by atoms with E-state index < -0.39 is 0 Å². The molecular weight excluding hydrogens is 340 g/mol. The maximum atomic E-state index is 5.94. The summed E-state index contributed by atoms with van der Waals surface area (Å²) in [6.45, 7) is 6.58. The van der Waals surface area contributed by atoms with Gasteiger partial charge in [-0.3, -0.25) is 4.90 Å². The molecule has 3 heterocycles. The lowest BCUT2D eigenvalue weighted by atomic mass is 10.1. The number of aromatic nitrogens is 3. The number of nitrogens with zero attached hydrogens (tertiary/aromatic N) is 4. The Labute approximate surface area is 158 Å². The summed E-state index contributed by atoms with van der Waals surface area (Å²) in [7, 11) is 0. The van der Waals surface area contributed by atoms with Crippen molar-refractivity contribution in [1.82, 2.24) is 25.2 Å². The van der Waals surface area contributed by atoms with Gasteiger partial charge in [-0.15, -0.1) is 0 Å². The molecule has 7 nitrogen and oxygen atoms in total. The molecule has 3 N–H and O–H groups in total. The third kappa shape index (κ3) is 4.39. The van der Waals surface area contributed by atoms with Crippen LogP contribution in [0.15, 0.2) is 42.7 Å². The Morgan fingerprint density at radius 2 is 2.00 bits per heavy atom. The first-order chi connectivity index (χ1) is 13.3. The standard InChI is InChI=1S/C20H24N6O/c21-20-19-18(23-14-24-20)5-4-17(25-19)16-3-1-2-15(12-16)13-22-6-7-26-8-10-27-11-9-26/h1-5,12,14,22H,6-11,13H2,(H2,21,23,24). The minimum Gasteiger partial charge on any atom is -0.382 e. The van der Waals surface area contributed by atoms with Crippen molar-refractivity contribution in [3.8, 4) is 11.3 Å². The highest BCUT2D eigenvalue weighted by molar-refractivity contribution is 5.85. The van der Waals surface area contributed by atoms with Gasteiger partial charge in [-0.25, -0.2) is 15.0 Å². The second-order valence-electron chi connectivity index (χ2n) is 6.65. The molecule has 1 aromatic carbocycles. The zero-order chi connectivity index (χ0) is 18.5. The Morgan fingerprint density at radius 3 is 2.89 bits per heavy atom. The molecule has 0 unspecified atom stereocenters. The summed E-state index contributed by atoms with van der Waals surface area (Å²) in [5.74, 6) is 0.405. The number of morpholine rings is 1. The number of hydrogen-bond acceptors (Lipinski definition) is 7. The highest BCUT2D eigenvalue weighted by Gasteiger charge is 2.09. The summed E-state index contributed by atoms with van der Waals surface area (Å²) in [6.07, 6.45) is 1.46. The lowest BCUT2D eigenvalue weighted by Crippen LogP contribution is -2.40. The zero-order valence-corrected chi connectivity index (χ0v) is 15.3. The maximum Gasteiger partial charge on any atom is 0.153 e. The topological polar surface area (TPSA) is 89.2 Å². The molecule has 0 aliphatic carbocycles. The number of nitrogen functional groups attached to an aromatic ring is 1. The molecule has 4 rings (SSSR count). The molecule has 0 bridgehead atoms. The van der Waals surface area contributed by atoms with Gasteiger partial charge in [0, 0.05) is 38.3 Å². The predicted molar refractivity (Wildman–Crippen MR) is 106 cm³/mol. The third-order valence-electron chi connectivity index (χ3n) is 4.77.